The second-order valence-electron chi connectivity index (χ2n) is 1.34. The maximum atomic E-state index is 2.23. The SMILES string of the molecule is CP(C)C.[Ir]. The number of hydrogen-bond acceptors (Lipinski definition) is 0. The Hall–Kier alpha value is 1.08. The monoisotopic (exact) mass is 269 g/mol. The van der Waals surface area contributed by atoms with Gasteiger partial charge in [-0.1, -0.05) is 0 Å². The minimum atomic E-state index is 0. The Kier molecular flexibility index (Phi) is 9.57. The molecule has 0 fully saturated rings. The van der Waals surface area contributed by atoms with Crippen molar-refractivity contribution in [1.29, 1.82) is 0 Å². The molecule has 0 aliphatic carbocycles. The molecule has 0 amide bonds. The number of hydrogen-bond donors (Lipinski definition) is 0. The molecule has 0 aromatic heterocycles. The molecular weight excluding hydrogens is 259 g/mol. The molecule has 2 heteroatoms. The van der Waals surface area contributed by atoms with E-state index in [0.717, 1.165) is 0 Å². The van der Waals surface area contributed by atoms with E-state index in [0.29, 0.717) is 7.92 Å². The van der Waals surface area contributed by atoms with Crippen LogP contribution in [0.1, 0.15) is 0 Å². The van der Waals surface area contributed by atoms with Crippen LogP contribution in [-0.4, -0.2) is 20.0 Å². The first-order valence-electron chi connectivity index (χ1n) is 1.34. The van der Waals surface area contributed by atoms with Crippen molar-refractivity contribution in [2.45, 2.75) is 0 Å². The van der Waals surface area contributed by atoms with Crippen LogP contribution in [0.2, 0.25) is 0 Å². The second kappa shape index (κ2) is 5.08. The summed E-state index contributed by atoms with van der Waals surface area (Å²) in [6, 6.07) is 0. The molecule has 0 unspecified atom stereocenters. The zero-order chi connectivity index (χ0) is 3.58. The fourth-order valence-corrected chi connectivity index (χ4v) is 0. The van der Waals surface area contributed by atoms with Crippen LogP contribution >= 0.6 is 7.92 Å². The molecule has 0 heterocycles. The van der Waals surface area contributed by atoms with Crippen LogP contribution in [0.15, 0.2) is 0 Å². The van der Waals surface area contributed by atoms with Crippen LogP contribution in [-0.2, 0) is 20.1 Å². The smallest absolute Gasteiger partial charge is 0 e. The largest absolute Gasteiger partial charge is 0.116 e. The predicted octanol–water partition coefficient (Wildman–Crippen LogP) is 1.36. The maximum absolute atomic E-state index is 2.23. The van der Waals surface area contributed by atoms with Gasteiger partial charge in [0, 0.05) is 20.1 Å². The van der Waals surface area contributed by atoms with Crippen LogP contribution in [0.4, 0.5) is 0 Å². The zero-order valence-electron chi connectivity index (χ0n) is 3.78. The van der Waals surface area contributed by atoms with Gasteiger partial charge in [0.1, 0.15) is 0 Å². The normalized spacial score (nSPS) is 7.20. The first-order chi connectivity index (χ1) is 1.73. The summed E-state index contributed by atoms with van der Waals surface area (Å²) >= 11 is 0. The van der Waals surface area contributed by atoms with E-state index in [9.17, 15) is 0 Å². The van der Waals surface area contributed by atoms with E-state index < -0.39 is 0 Å². The topological polar surface area (TPSA) is 0 Å². The summed E-state index contributed by atoms with van der Waals surface area (Å²) in [5, 5.41) is 0. The Balaban J connectivity index is 0. The molecule has 5 heavy (non-hydrogen) atoms. The summed E-state index contributed by atoms with van der Waals surface area (Å²) in [7, 11) is 0.380. The van der Waals surface area contributed by atoms with E-state index in [1.54, 1.807) is 0 Å². The van der Waals surface area contributed by atoms with Crippen molar-refractivity contribution in [2.24, 2.45) is 0 Å². The molecular formula is C3H9IrP. The van der Waals surface area contributed by atoms with Crippen molar-refractivity contribution in [3.63, 3.8) is 0 Å². The minimum Gasteiger partial charge on any atom is -0.116 e. The molecule has 0 atom stereocenters. The van der Waals surface area contributed by atoms with Crippen LogP contribution in [0.25, 0.3) is 0 Å². The minimum absolute atomic E-state index is 0. The van der Waals surface area contributed by atoms with Crippen molar-refractivity contribution in [1.82, 2.24) is 0 Å². The van der Waals surface area contributed by atoms with Crippen LogP contribution in [0.3, 0.4) is 0 Å². The third kappa shape index (κ3) is 41.3. The van der Waals surface area contributed by atoms with Crippen LogP contribution in [0.5, 0.6) is 0 Å². The Labute approximate surface area is 48.4 Å². The van der Waals surface area contributed by atoms with Crippen molar-refractivity contribution in [3.05, 3.63) is 0 Å². The quantitative estimate of drug-likeness (QED) is 0.582. The van der Waals surface area contributed by atoms with Crippen molar-refractivity contribution in [2.75, 3.05) is 20.0 Å². The van der Waals surface area contributed by atoms with Gasteiger partial charge in [-0.3, -0.25) is 0 Å². The fourth-order valence-electron chi connectivity index (χ4n) is 0. The van der Waals surface area contributed by atoms with E-state index in [2.05, 4.69) is 20.0 Å². The average Bonchev–Trinajstić information content (AvgIpc) is 0.811. The van der Waals surface area contributed by atoms with Gasteiger partial charge in [-0.15, -0.1) is 7.92 Å². The zero-order valence-corrected chi connectivity index (χ0v) is 7.07. The molecule has 0 aliphatic heterocycles. The maximum Gasteiger partial charge on any atom is 0 e. The fraction of sp³-hybridized carbons (Fsp3) is 1.00. The molecule has 0 bridgehead atoms. The van der Waals surface area contributed by atoms with Crippen LogP contribution < -0.4 is 0 Å². The van der Waals surface area contributed by atoms with Crippen molar-refractivity contribution in [3.8, 4) is 0 Å². The third-order valence-corrected chi connectivity index (χ3v) is 0. The van der Waals surface area contributed by atoms with Crippen LogP contribution in [0, 0.1) is 0 Å². The molecule has 0 aliphatic rings. The van der Waals surface area contributed by atoms with E-state index >= 15 is 0 Å². The summed E-state index contributed by atoms with van der Waals surface area (Å²) in [6.45, 7) is 6.69. The predicted molar refractivity (Wildman–Crippen MR) is 24.7 cm³/mol. The molecule has 0 saturated heterocycles. The molecule has 0 nitrogen and oxygen atoms in total. The van der Waals surface area contributed by atoms with Crippen molar-refractivity contribution >= 4 is 7.92 Å². The Bertz CT molecular complexity index is 11.6. The first kappa shape index (κ1) is 9.43. The van der Waals surface area contributed by atoms with Gasteiger partial charge in [0.2, 0.25) is 0 Å². The molecule has 0 aromatic rings. The third-order valence-electron chi connectivity index (χ3n) is 0. The van der Waals surface area contributed by atoms with E-state index in [-0.39, 0.29) is 20.1 Å². The summed E-state index contributed by atoms with van der Waals surface area (Å²) in [5.74, 6) is 0. The van der Waals surface area contributed by atoms with Gasteiger partial charge >= 0.3 is 0 Å². The van der Waals surface area contributed by atoms with Gasteiger partial charge in [-0.05, 0) is 20.0 Å². The first-order valence-corrected chi connectivity index (χ1v) is 4.02. The summed E-state index contributed by atoms with van der Waals surface area (Å²) in [4.78, 5) is 0. The molecule has 1 radical (unpaired) electrons. The molecule has 0 saturated carbocycles. The Morgan fingerprint density at radius 1 is 1.00 bits per heavy atom. The standard InChI is InChI=1S/C3H9P.Ir/c1-4(2)3;/h1-3H3;. The molecule has 35 valence electrons. The summed E-state index contributed by atoms with van der Waals surface area (Å²) < 4.78 is 0. The van der Waals surface area contributed by atoms with E-state index in [1.807, 2.05) is 0 Å². The van der Waals surface area contributed by atoms with Gasteiger partial charge in [0.15, 0.2) is 0 Å². The van der Waals surface area contributed by atoms with E-state index in [4.69, 9.17) is 0 Å². The second-order valence-corrected chi connectivity index (χ2v) is 4.02. The molecule has 0 aromatic carbocycles. The average molecular weight is 268 g/mol. The Morgan fingerprint density at radius 2 is 1.00 bits per heavy atom. The van der Waals surface area contributed by atoms with Gasteiger partial charge in [0.25, 0.3) is 0 Å². The van der Waals surface area contributed by atoms with Gasteiger partial charge in [-0.2, -0.15) is 0 Å². The molecule has 0 N–H and O–H groups in total. The summed E-state index contributed by atoms with van der Waals surface area (Å²) in [6.07, 6.45) is 0. The van der Waals surface area contributed by atoms with Gasteiger partial charge < -0.3 is 0 Å². The van der Waals surface area contributed by atoms with Gasteiger partial charge in [0.05, 0.1) is 0 Å². The van der Waals surface area contributed by atoms with Crippen molar-refractivity contribution < 1.29 is 20.1 Å². The molecule has 0 rings (SSSR count). The Morgan fingerprint density at radius 3 is 1.00 bits per heavy atom. The number of rotatable bonds is 0. The van der Waals surface area contributed by atoms with Gasteiger partial charge in [-0.25, -0.2) is 0 Å². The van der Waals surface area contributed by atoms with E-state index in [1.165, 1.54) is 0 Å². The molecule has 0 spiro atoms. The summed E-state index contributed by atoms with van der Waals surface area (Å²) in [5.41, 5.74) is 0.